The monoisotopic (exact) mass is 496 g/mol. The van der Waals surface area contributed by atoms with Crippen LogP contribution < -0.4 is 0 Å². The van der Waals surface area contributed by atoms with Crippen molar-refractivity contribution >= 4 is 23.7 Å². The van der Waals surface area contributed by atoms with E-state index in [1.807, 2.05) is 21.1 Å². The summed E-state index contributed by atoms with van der Waals surface area (Å²) in [6.07, 6.45) is -9.79. The molecule has 1 atom stereocenters. The third-order valence-corrected chi connectivity index (χ3v) is 4.97. The van der Waals surface area contributed by atoms with Gasteiger partial charge in [0.15, 0.2) is 0 Å². The van der Waals surface area contributed by atoms with Gasteiger partial charge in [-0.25, -0.2) is 0 Å². The summed E-state index contributed by atoms with van der Waals surface area (Å²) in [7, 11) is 6.44. The molecular weight excluding hydrogens is 473 g/mol. The summed E-state index contributed by atoms with van der Waals surface area (Å²) in [5, 5.41) is -1.29. The van der Waals surface area contributed by atoms with Crippen LogP contribution in [0, 0.1) is 0 Å². The lowest BCUT2D eigenvalue weighted by molar-refractivity contribution is -0.867. The first kappa shape index (κ1) is 29.6. The number of carbonyl (C=O) groups excluding carboxylic acids is 2. The fraction of sp³-hybridized carbons (Fsp3) is 0.875. The molecule has 0 radical (unpaired) electrons. The summed E-state index contributed by atoms with van der Waals surface area (Å²) in [4.78, 5) is 23.4. The van der Waals surface area contributed by atoms with Crippen LogP contribution in [0.5, 0.6) is 0 Å². The van der Waals surface area contributed by atoms with Gasteiger partial charge in [-0.1, -0.05) is 0 Å². The number of rotatable bonds is 12. The second-order valence-electron chi connectivity index (χ2n) is 7.42. The maximum Gasteiger partial charge on any atom is 0.460 e. The van der Waals surface area contributed by atoms with Gasteiger partial charge in [0.2, 0.25) is 0 Å². The zero-order valence-corrected chi connectivity index (χ0v) is 17.8. The minimum Gasteiger partial charge on any atom is -0.469 e. The molecule has 0 N–H and O–H groups in total. The van der Waals surface area contributed by atoms with Crippen molar-refractivity contribution in [1.82, 2.24) is 0 Å². The van der Waals surface area contributed by atoms with Gasteiger partial charge in [0.1, 0.15) is 5.25 Å². The van der Waals surface area contributed by atoms with Gasteiger partial charge in [-0.15, -0.1) is 11.8 Å². The number of alkyl halides is 9. The highest BCUT2D eigenvalue weighted by Gasteiger charge is 2.81. The molecule has 0 heterocycles. The van der Waals surface area contributed by atoms with Gasteiger partial charge in [-0.2, -0.15) is 39.5 Å². The molecule has 0 saturated carbocycles. The zero-order valence-electron chi connectivity index (χ0n) is 17.0. The Labute approximate surface area is 176 Å². The molecule has 0 aliphatic heterocycles. The predicted molar refractivity (Wildman–Crippen MR) is 92.3 cm³/mol. The Morgan fingerprint density at radius 3 is 1.87 bits per heavy atom. The van der Waals surface area contributed by atoms with Crippen LogP contribution in [0.15, 0.2) is 0 Å². The summed E-state index contributed by atoms with van der Waals surface area (Å²) < 4.78 is 124. The lowest BCUT2D eigenvalue weighted by Crippen LogP contribution is -2.61. The smallest absolute Gasteiger partial charge is 0.460 e. The molecule has 184 valence electrons. The Hall–Kier alpha value is -1.38. The summed E-state index contributed by atoms with van der Waals surface area (Å²) in [5.41, 5.74) is 0. The lowest BCUT2D eigenvalue weighted by Gasteiger charge is -2.33. The number of thioether (sulfide) groups is 1. The van der Waals surface area contributed by atoms with Crippen molar-refractivity contribution in [2.45, 2.75) is 42.0 Å². The molecule has 0 fully saturated rings. The number of esters is 2. The number of methoxy groups -OCH3 is 1. The van der Waals surface area contributed by atoms with Crippen molar-refractivity contribution in [3.63, 3.8) is 0 Å². The highest BCUT2D eigenvalue weighted by Crippen LogP contribution is 2.53. The van der Waals surface area contributed by atoms with Crippen LogP contribution in [0.1, 0.15) is 12.8 Å². The van der Waals surface area contributed by atoms with Crippen molar-refractivity contribution in [3.05, 3.63) is 0 Å². The number of hydrogen-bond donors (Lipinski definition) is 0. The van der Waals surface area contributed by atoms with Crippen LogP contribution in [-0.2, 0) is 19.1 Å². The van der Waals surface area contributed by atoms with E-state index < -0.39 is 60.6 Å². The molecule has 0 aliphatic carbocycles. The molecule has 0 amide bonds. The van der Waals surface area contributed by atoms with Crippen LogP contribution in [0.3, 0.4) is 0 Å². The van der Waals surface area contributed by atoms with Crippen molar-refractivity contribution in [3.8, 4) is 0 Å². The molecule has 0 aromatic rings. The third kappa shape index (κ3) is 8.24. The SMILES string of the molecule is COC(=O)CC(SCC[N+](C)(C)C)C(=O)OCCC(F)(F)C(F)(F)C(F)(F)C(F)(F)F. The second kappa shape index (κ2) is 10.5. The zero-order chi connectivity index (χ0) is 24.9. The number of hydrogen-bond acceptors (Lipinski definition) is 5. The highest BCUT2D eigenvalue weighted by molar-refractivity contribution is 8.00. The van der Waals surface area contributed by atoms with E-state index in [9.17, 15) is 49.1 Å². The van der Waals surface area contributed by atoms with E-state index in [1.165, 1.54) is 0 Å². The van der Waals surface area contributed by atoms with E-state index >= 15 is 0 Å². The number of ether oxygens (including phenoxy) is 2. The molecule has 0 rings (SSSR count). The largest absolute Gasteiger partial charge is 0.469 e. The Kier molecular flexibility index (Phi) is 10.0. The normalized spacial score (nSPS) is 14.9. The summed E-state index contributed by atoms with van der Waals surface area (Å²) in [6.45, 7) is -1.09. The number of carbonyl (C=O) groups is 2. The standard InChI is InChI=1S/C16H23F9NO4S/c1-26(2,3)6-8-31-10(9-11(27)29-4)12(28)30-7-5-13(17,18)14(19,20)15(21,22)16(23,24)25/h10H,5-9H2,1-4H3/q+1. The predicted octanol–water partition coefficient (Wildman–Crippen LogP) is 3.76. The van der Waals surface area contributed by atoms with Gasteiger partial charge < -0.3 is 14.0 Å². The summed E-state index contributed by atoms with van der Waals surface area (Å²) in [6, 6.07) is 0. The molecule has 0 spiro atoms. The maximum absolute atomic E-state index is 13.5. The van der Waals surface area contributed by atoms with Crippen LogP contribution in [0.25, 0.3) is 0 Å². The molecule has 5 nitrogen and oxygen atoms in total. The Bertz CT molecular complexity index is 621. The van der Waals surface area contributed by atoms with E-state index in [0.29, 0.717) is 11.0 Å². The topological polar surface area (TPSA) is 52.6 Å². The number of halogens is 9. The minimum atomic E-state index is -7.01. The van der Waals surface area contributed by atoms with Crippen molar-refractivity contribution in [2.24, 2.45) is 0 Å². The average molecular weight is 496 g/mol. The van der Waals surface area contributed by atoms with Gasteiger partial charge in [0.05, 0.1) is 54.2 Å². The van der Waals surface area contributed by atoms with Gasteiger partial charge in [0, 0.05) is 5.75 Å². The Morgan fingerprint density at radius 2 is 1.45 bits per heavy atom. The second-order valence-corrected chi connectivity index (χ2v) is 8.73. The molecule has 15 heteroatoms. The van der Waals surface area contributed by atoms with Crippen LogP contribution in [0.4, 0.5) is 39.5 Å². The maximum atomic E-state index is 13.5. The van der Waals surface area contributed by atoms with Crippen LogP contribution in [0.2, 0.25) is 0 Å². The summed E-state index contributed by atoms with van der Waals surface area (Å²) in [5.74, 6) is -21.5. The third-order valence-electron chi connectivity index (χ3n) is 3.79. The van der Waals surface area contributed by atoms with E-state index in [0.717, 1.165) is 18.9 Å². The lowest BCUT2D eigenvalue weighted by atomic mass is 10.0. The van der Waals surface area contributed by atoms with Crippen LogP contribution >= 0.6 is 11.8 Å². The molecule has 0 aromatic carbocycles. The van der Waals surface area contributed by atoms with Crippen molar-refractivity contribution < 1.29 is 63.1 Å². The summed E-state index contributed by atoms with van der Waals surface area (Å²) >= 11 is 0.876. The molecule has 0 bridgehead atoms. The molecule has 0 saturated heterocycles. The molecule has 0 aliphatic rings. The molecule has 0 aromatic heterocycles. The van der Waals surface area contributed by atoms with Gasteiger partial charge in [-0.3, -0.25) is 9.59 Å². The minimum absolute atomic E-state index is 0.284. The first-order chi connectivity index (χ1) is 13.7. The first-order valence-corrected chi connectivity index (χ1v) is 9.60. The van der Waals surface area contributed by atoms with Gasteiger partial charge >= 0.3 is 35.9 Å². The quantitative estimate of drug-likeness (QED) is 0.234. The van der Waals surface area contributed by atoms with E-state index in [2.05, 4.69) is 9.47 Å². The Balaban J connectivity index is 5.12. The fourth-order valence-corrected chi connectivity index (χ4v) is 3.25. The van der Waals surface area contributed by atoms with Crippen LogP contribution in [-0.4, -0.2) is 92.8 Å². The van der Waals surface area contributed by atoms with E-state index in [1.54, 1.807) is 0 Å². The fourth-order valence-electron chi connectivity index (χ4n) is 1.85. The molecule has 31 heavy (non-hydrogen) atoms. The van der Waals surface area contributed by atoms with Gasteiger partial charge in [-0.05, 0) is 0 Å². The highest BCUT2D eigenvalue weighted by atomic mass is 32.2. The van der Waals surface area contributed by atoms with E-state index in [-0.39, 0.29) is 5.75 Å². The number of nitrogens with zero attached hydrogens (tertiary/aromatic N) is 1. The van der Waals surface area contributed by atoms with Crippen molar-refractivity contribution in [1.29, 1.82) is 0 Å². The molecule has 1 unspecified atom stereocenters. The molecular formula is C16H23F9NO4S+. The average Bonchev–Trinajstić information content (AvgIpc) is 2.57. The Morgan fingerprint density at radius 1 is 0.935 bits per heavy atom. The first-order valence-electron chi connectivity index (χ1n) is 8.55. The van der Waals surface area contributed by atoms with Crippen molar-refractivity contribution in [2.75, 3.05) is 47.2 Å². The number of quaternary nitrogens is 1. The van der Waals surface area contributed by atoms with Gasteiger partial charge in [0.25, 0.3) is 0 Å². The van der Waals surface area contributed by atoms with E-state index in [4.69, 9.17) is 0 Å².